The minimum Gasteiger partial charge on any atom is -0.396 e. The van der Waals surface area contributed by atoms with Gasteiger partial charge in [-0.15, -0.1) is 0 Å². The van der Waals surface area contributed by atoms with Crippen molar-refractivity contribution in [3.63, 3.8) is 0 Å². The lowest BCUT2D eigenvalue weighted by Gasteiger charge is -2.18. The number of sulfonamides is 1. The van der Waals surface area contributed by atoms with Gasteiger partial charge in [-0.1, -0.05) is 11.6 Å². The number of nitrogen functional groups attached to an aromatic ring is 1. The molecule has 0 atom stereocenters. The van der Waals surface area contributed by atoms with Crippen LogP contribution in [0.25, 0.3) is 0 Å². The number of amides is 1. The van der Waals surface area contributed by atoms with E-state index in [0.717, 1.165) is 16.4 Å². The van der Waals surface area contributed by atoms with Gasteiger partial charge in [0, 0.05) is 27.1 Å². The van der Waals surface area contributed by atoms with Crippen molar-refractivity contribution in [1.29, 1.82) is 0 Å². The van der Waals surface area contributed by atoms with Gasteiger partial charge < -0.3 is 11.1 Å². The summed E-state index contributed by atoms with van der Waals surface area (Å²) < 4.78 is 38.6. The summed E-state index contributed by atoms with van der Waals surface area (Å²) in [6.07, 6.45) is 0.000522. The van der Waals surface area contributed by atoms with Crippen LogP contribution in [0.1, 0.15) is 6.42 Å². The Morgan fingerprint density at radius 3 is 2.65 bits per heavy atom. The second kappa shape index (κ2) is 6.38. The molecular formula is C11H15ClFN3O3S. The standard InChI is InChI=1S/C11H15ClFN3O3S/c1-15-11(17)3-4-16(2)20(18,19)10-6-9(14)8(13)5-7(10)12/h5-6H,3-4,14H2,1-2H3,(H,15,17). The highest BCUT2D eigenvalue weighted by atomic mass is 35.5. The smallest absolute Gasteiger partial charge is 0.244 e. The summed E-state index contributed by atoms with van der Waals surface area (Å²) in [6, 6.07) is 1.81. The summed E-state index contributed by atoms with van der Waals surface area (Å²) in [4.78, 5) is 10.8. The molecule has 0 heterocycles. The van der Waals surface area contributed by atoms with Crippen molar-refractivity contribution in [3.8, 4) is 0 Å². The summed E-state index contributed by atoms with van der Waals surface area (Å²) >= 11 is 5.74. The molecule has 1 rings (SSSR count). The molecule has 0 fully saturated rings. The molecule has 1 amide bonds. The van der Waals surface area contributed by atoms with Gasteiger partial charge in [0.1, 0.15) is 10.7 Å². The minimum atomic E-state index is -3.94. The summed E-state index contributed by atoms with van der Waals surface area (Å²) in [6.45, 7) is -0.0321. The van der Waals surface area contributed by atoms with Crippen LogP contribution in [0, 0.1) is 5.82 Å². The lowest BCUT2D eigenvalue weighted by molar-refractivity contribution is -0.120. The normalized spacial score (nSPS) is 11.7. The molecule has 0 aliphatic heterocycles. The van der Waals surface area contributed by atoms with E-state index in [0.29, 0.717) is 0 Å². The molecule has 1 aromatic rings. The quantitative estimate of drug-likeness (QED) is 0.785. The van der Waals surface area contributed by atoms with E-state index in [1.54, 1.807) is 0 Å². The lowest BCUT2D eigenvalue weighted by atomic mass is 10.3. The molecule has 0 saturated heterocycles. The van der Waals surface area contributed by atoms with Gasteiger partial charge in [0.15, 0.2) is 0 Å². The number of rotatable bonds is 5. The van der Waals surface area contributed by atoms with Crippen molar-refractivity contribution >= 4 is 33.2 Å². The van der Waals surface area contributed by atoms with E-state index in [1.807, 2.05) is 0 Å². The molecule has 112 valence electrons. The number of nitrogens with one attached hydrogen (secondary N) is 1. The van der Waals surface area contributed by atoms with Crippen molar-refractivity contribution in [2.24, 2.45) is 0 Å². The summed E-state index contributed by atoms with van der Waals surface area (Å²) in [5.74, 6) is -1.08. The van der Waals surface area contributed by atoms with Crippen LogP contribution in [-0.4, -0.2) is 39.3 Å². The highest BCUT2D eigenvalue weighted by Crippen LogP contribution is 2.28. The van der Waals surface area contributed by atoms with E-state index < -0.39 is 15.8 Å². The predicted octanol–water partition coefficient (Wildman–Crippen LogP) is 0.818. The molecule has 6 nitrogen and oxygen atoms in total. The molecule has 0 radical (unpaired) electrons. The van der Waals surface area contributed by atoms with Crippen LogP contribution in [0.2, 0.25) is 5.02 Å². The first-order chi connectivity index (χ1) is 9.20. The number of hydrogen-bond donors (Lipinski definition) is 2. The Balaban J connectivity index is 3.04. The van der Waals surface area contributed by atoms with Crippen LogP contribution < -0.4 is 11.1 Å². The number of carbonyl (C=O) groups is 1. The van der Waals surface area contributed by atoms with Gasteiger partial charge in [0.05, 0.1) is 10.7 Å². The molecule has 3 N–H and O–H groups in total. The maximum Gasteiger partial charge on any atom is 0.244 e. The van der Waals surface area contributed by atoms with E-state index in [9.17, 15) is 17.6 Å². The van der Waals surface area contributed by atoms with E-state index in [4.69, 9.17) is 17.3 Å². The van der Waals surface area contributed by atoms with Crippen LogP contribution >= 0.6 is 11.6 Å². The van der Waals surface area contributed by atoms with Crippen LogP contribution in [0.3, 0.4) is 0 Å². The molecule has 1 aromatic carbocycles. The Labute approximate surface area is 121 Å². The first-order valence-corrected chi connectivity index (χ1v) is 7.43. The summed E-state index contributed by atoms with van der Waals surface area (Å²) in [5.41, 5.74) is 5.04. The van der Waals surface area contributed by atoms with Crippen molar-refractivity contribution in [3.05, 3.63) is 23.0 Å². The van der Waals surface area contributed by atoms with Gasteiger partial charge in [-0.2, -0.15) is 0 Å². The molecule has 0 aliphatic rings. The highest BCUT2D eigenvalue weighted by molar-refractivity contribution is 7.89. The largest absolute Gasteiger partial charge is 0.396 e. The average molecular weight is 324 g/mol. The molecule has 0 aliphatic carbocycles. The van der Waals surface area contributed by atoms with E-state index in [2.05, 4.69) is 5.32 Å². The van der Waals surface area contributed by atoms with Gasteiger partial charge in [-0.25, -0.2) is 17.1 Å². The molecular weight excluding hydrogens is 309 g/mol. The minimum absolute atomic E-state index is 0.000522. The van der Waals surface area contributed by atoms with E-state index in [1.165, 1.54) is 14.1 Å². The molecule has 0 bridgehead atoms. The monoisotopic (exact) mass is 323 g/mol. The first-order valence-electron chi connectivity index (χ1n) is 5.61. The number of nitrogens with two attached hydrogens (primary N) is 1. The van der Waals surface area contributed by atoms with Crippen molar-refractivity contribution in [2.45, 2.75) is 11.3 Å². The number of halogens is 2. The van der Waals surface area contributed by atoms with Crippen LogP contribution in [0.5, 0.6) is 0 Å². The first kappa shape index (κ1) is 16.7. The maximum atomic E-state index is 13.2. The zero-order chi connectivity index (χ0) is 15.5. The lowest BCUT2D eigenvalue weighted by Crippen LogP contribution is -2.31. The van der Waals surface area contributed by atoms with Gasteiger partial charge in [-0.3, -0.25) is 4.79 Å². The Morgan fingerprint density at radius 2 is 2.10 bits per heavy atom. The third kappa shape index (κ3) is 3.59. The number of carbonyl (C=O) groups excluding carboxylic acids is 1. The van der Waals surface area contributed by atoms with Gasteiger partial charge in [0.2, 0.25) is 15.9 Å². The molecule has 0 aromatic heterocycles. The number of nitrogens with zero attached hydrogens (tertiary/aromatic N) is 1. The third-order valence-corrected chi connectivity index (χ3v) is 4.99. The zero-order valence-corrected chi connectivity index (χ0v) is 12.6. The van der Waals surface area contributed by atoms with Crippen molar-refractivity contribution in [2.75, 3.05) is 26.4 Å². The van der Waals surface area contributed by atoms with Gasteiger partial charge in [0.25, 0.3) is 0 Å². The van der Waals surface area contributed by atoms with Gasteiger partial charge in [-0.05, 0) is 12.1 Å². The Morgan fingerprint density at radius 1 is 1.50 bits per heavy atom. The van der Waals surface area contributed by atoms with E-state index >= 15 is 0 Å². The summed E-state index contributed by atoms with van der Waals surface area (Å²) in [7, 11) is -1.19. The fourth-order valence-corrected chi connectivity index (χ4v) is 3.11. The van der Waals surface area contributed by atoms with Crippen molar-refractivity contribution < 1.29 is 17.6 Å². The Kier molecular flexibility index (Phi) is 5.32. The fourth-order valence-electron chi connectivity index (χ4n) is 1.41. The Hall–Kier alpha value is -1.38. The number of benzene rings is 1. The second-order valence-corrected chi connectivity index (χ2v) is 6.47. The molecule has 20 heavy (non-hydrogen) atoms. The predicted molar refractivity (Wildman–Crippen MR) is 74.3 cm³/mol. The average Bonchev–Trinajstić information content (AvgIpc) is 2.39. The molecule has 0 unspecified atom stereocenters. The van der Waals surface area contributed by atoms with Crippen LogP contribution in [0.15, 0.2) is 17.0 Å². The van der Waals surface area contributed by atoms with E-state index in [-0.39, 0.29) is 34.5 Å². The Bertz CT molecular complexity index is 622. The number of anilines is 1. The van der Waals surface area contributed by atoms with Crippen LogP contribution in [0.4, 0.5) is 10.1 Å². The number of hydrogen-bond acceptors (Lipinski definition) is 4. The highest BCUT2D eigenvalue weighted by Gasteiger charge is 2.25. The molecule has 0 saturated carbocycles. The fraction of sp³-hybridized carbons (Fsp3) is 0.364. The summed E-state index contributed by atoms with van der Waals surface area (Å²) in [5, 5.41) is 2.12. The zero-order valence-electron chi connectivity index (χ0n) is 11.0. The SMILES string of the molecule is CNC(=O)CCN(C)S(=O)(=O)c1cc(N)c(F)cc1Cl. The third-order valence-electron chi connectivity index (χ3n) is 2.67. The maximum absolute atomic E-state index is 13.2. The topological polar surface area (TPSA) is 92.5 Å². The molecule has 9 heteroatoms. The van der Waals surface area contributed by atoms with Crippen LogP contribution in [-0.2, 0) is 14.8 Å². The van der Waals surface area contributed by atoms with Crippen molar-refractivity contribution in [1.82, 2.24) is 9.62 Å². The second-order valence-electron chi connectivity index (χ2n) is 4.05. The molecule has 0 spiro atoms. The van der Waals surface area contributed by atoms with Gasteiger partial charge >= 0.3 is 0 Å².